The Labute approximate surface area is 100 Å². The fraction of sp³-hybridized carbons (Fsp3) is 0.818. The van der Waals surface area contributed by atoms with Crippen LogP contribution >= 0.6 is 12.2 Å². The molecule has 0 spiro atoms. The van der Waals surface area contributed by atoms with Gasteiger partial charge in [0.2, 0.25) is 0 Å². The van der Waals surface area contributed by atoms with Crippen molar-refractivity contribution < 1.29 is 4.74 Å². The van der Waals surface area contributed by atoms with E-state index >= 15 is 0 Å². The summed E-state index contributed by atoms with van der Waals surface area (Å²) in [5.74, 6) is 1.79. The number of hydrogen-bond acceptors (Lipinski definition) is 3. The summed E-state index contributed by atoms with van der Waals surface area (Å²) in [6.07, 6.45) is 4.57. The minimum atomic E-state index is 0.0975. The Balaban J connectivity index is 2.03. The van der Waals surface area contributed by atoms with Crippen LogP contribution in [0.4, 0.5) is 0 Å². The third-order valence-corrected chi connectivity index (χ3v) is 4.02. The molecule has 0 atom stereocenters. The van der Waals surface area contributed by atoms with Crippen molar-refractivity contribution in [2.75, 3.05) is 13.2 Å². The zero-order valence-electron chi connectivity index (χ0n) is 9.53. The zero-order chi connectivity index (χ0) is 11.2. The Bertz CT molecular complexity index is 440. The van der Waals surface area contributed by atoms with E-state index in [2.05, 4.69) is 21.7 Å². The lowest BCUT2D eigenvalue weighted by atomic mass is 9.92. The van der Waals surface area contributed by atoms with Crippen LogP contribution in [0, 0.1) is 4.77 Å². The van der Waals surface area contributed by atoms with Crippen molar-refractivity contribution in [3.8, 4) is 0 Å². The van der Waals surface area contributed by atoms with Crippen molar-refractivity contribution >= 4 is 12.2 Å². The molecule has 1 aliphatic carbocycles. The van der Waals surface area contributed by atoms with Crippen LogP contribution in [0.3, 0.4) is 0 Å². The molecule has 0 bridgehead atoms. The van der Waals surface area contributed by atoms with E-state index in [0.29, 0.717) is 5.92 Å². The predicted molar refractivity (Wildman–Crippen MR) is 63.1 cm³/mol. The third-order valence-electron chi connectivity index (χ3n) is 3.75. The molecule has 0 aromatic carbocycles. The fourth-order valence-electron chi connectivity index (χ4n) is 2.48. The monoisotopic (exact) mass is 239 g/mol. The smallest absolute Gasteiger partial charge is 0.195 e. The highest BCUT2D eigenvalue weighted by Gasteiger charge is 2.37. The van der Waals surface area contributed by atoms with Gasteiger partial charge < -0.3 is 4.74 Å². The predicted octanol–water partition coefficient (Wildman–Crippen LogP) is 2.34. The van der Waals surface area contributed by atoms with E-state index in [9.17, 15) is 0 Å². The SMILES string of the molecule is CC1(n2c(C3CC3)n[nH]c2=S)CCOCC1. The van der Waals surface area contributed by atoms with Gasteiger partial charge in [0.15, 0.2) is 4.77 Å². The summed E-state index contributed by atoms with van der Waals surface area (Å²) >= 11 is 5.38. The van der Waals surface area contributed by atoms with Gasteiger partial charge in [-0.3, -0.25) is 9.67 Å². The van der Waals surface area contributed by atoms with Crippen LogP contribution in [0.25, 0.3) is 0 Å². The molecule has 1 aromatic heterocycles. The van der Waals surface area contributed by atoms with E-state index in [4.69, 9.17) is 17.0 Å². The van der Waals surface area contributed by atoms with Gasteiger partial charge in [-0.25, -0.2) is 0 Å². The molecule has 2 fully saturated rings. The molecule has 4 nitrogen and oxygen atoms in total. The lowest BCUT2D eigenvalue weighted by molar-refractivity contribution is 0.0276. The van der Waals surface area contributed by atoms with Crippen molar-refractivity contribution in [1.29, 1.82) is 0 Å². The molecule has 1 aliphatic heterocycles. The molecule has 0 unspecified atom stereocenters. The van der Waals surface area contributed by atoms with Gasteiger partial charge in [0, 0.05) is 19.1 Å². The first-order chi connectivity index (χ1) is 7.71. The van der Waals surface area contributed by atoms with Crippen LogP contribution in [0.15, 0.2) is 0 Å². The molecule has 1 aromatic rings. The van der Waals surface area contributed by atoms with Gasteiger partial charge in [-0.05, 0) is 44.8 Å². The van der Waals surface area contributed by atoms with Gasteiger partial charge in [0.05, 0.1) is 5.54 Å². The largest absolute Gasteiger partial charge is 0.381 e. The molecular formula is C11H17N3OS. The van der Waals surface area contributed by atoms with Crippen molar-refractivity contribution in [1.82, 2.24) is 14.8 Å². The molecule has 0 radical (unpaired) electrons. The van der Waals surface area contributed by atoms with E-state index in [1.807, 2.05) is 0 Å². The second-order valence-corrected chi connectivity index (χ2v) is 5.49. The molecule has 5 heteroatoms. The number of ether oxygens (including phenoxy) is 1. The highest BCUT2D eigenvalue weighted by Crippen LogP contribution is 2.42. The van der Waals surface area contributed by atoms with Crippen molar-refractivity contribution in [3.63, 3.8) is 0 Å². The van der Waals surface area contributed by atoms with E-state index < -0.39 is 0 Å². The minimum absolute atomic E-state index is 0.0975. The lowest BCUT2D eigenvalue weighted by Gasteiger charge is -2.35. The number of nitrogens with zero attached hydrogens (tertiary/aromatic N) is 2. The first kappa shape index (κ1) is 10.5. The molecule has 1 saturated carbocycles. The van der Waals surface area contributed by atoms with Gasteiger partial charge in [0.1, 0.15) is 5.82 Å². The van der Waals surface area contributed by atoms with Crippen LogP contribution < -0.4 is 0 Å². The summed E-state index contributed by atoms with van der Waals surface area (Å²) in [7, 11) is 0. The molecular weight excluding hydrogens is 222 g/mol. The Morgan fingerprint density at radius 3 is 2.75 bits per heavy atom. The lowest BCUT2D eigenvalue weighted by Crippen LogP contribution is -2.37. The average Bonchev–Trinajstić information content (AvgIpc) is 3.03. The number of nitrogens with one attached hydrogen (secondary N) is 1. The molecule has 1 saturated heterocycles. The van der Waals surface area contributed by atoms with Crippen LogP contribution in [0.1, 0.15) is 44.3 Å². The molecule has 2 aliphatic rings. The number of aromatic amines is 1. The first-order valence-electron chi connectivity index (χ1n) is 5.96. The fourth-order valence-corrected chi connectivity index (χ4v) is 2.84. The maximum absolute atomic E-state index is 5.44. The van der Waals surface area contributed by atoms with E-state index in [1.54, 1.807) is 0 Å². The topological polar surface area (TPSA) is 42.8 Å². The normalized spacial score (nSPS) is 24.6. The van der Waals surface area contributed by atoms with Gasteiger partial charge in [-0.1, -0.05) is 0 Å². The Morgan fingerprint density at radius 1 is 1.44 bits per heavy atom. The summed E-state index contributed by atoms with van der Waals surface area (Å²) in [6, 6.07) is 0. The van der Waals surface area contributed by atoms with Crippen LogP contribution in [0.2, 0.25) is 0 Å². The summed E-state index contributed by atoms with van der Waals surface area (Å²) in [5.41, 5.74) is 0.0975. The summed E-state index contributed by atoms with van der Waals surface area (Å²) < 4.78 is 8.46. The quantitative estimate of drug-likeness (QED) is 0.806. The van der Waals surface area contributed by atoms with Crippen molar-refractivity contribution in [3.05, 3.63) is 10.6 Å². The molecule has 3 rings (SSSR count). The summed E-state index contributed by atoms with van der Waals surface area (Å²) in [6.45, 7) is 3.92. The van der Waals surface area contributed by atoms with Crippen LogP contribution in [0.5, 0.6) is 0 Å². The Kier molecular flexibility index (Phi) is 2.40. The maximum atomic E-state index is 5.44. The number of aromatic nitrogens is 3. The van der Waals surface area contributed by atoms with Gasteiger partial charge in [0.25, 0.3) is 0 Å². The van der Waals surface area contributed by atoms with Crippen molar-refractivity contribution in [2.45, 2.75) is 44.1 Å². The Morgan fingerprint density at radius 2 is 2.12 bits per heavy atom. The van der Waals surface area contributed by atoms with E-state index in [1.165, 1.54) is 12.8 Å². The highest BCUT2D eigenvalue weighted by molar-refractivity contribution is 7.71. The second kappa shape index (κ2) is 3.67. The van der Waals surface area contributed by atoms with E-state index in [0.717, 1.165) is 36.7 Å². The van der Waals surface area contributed by atoms with Gasteiger partial charge >= 0.3 is 0 Å². The first-order valence-corrected chi connectivity index (χ1v) is 6.37. The van der Waals surface area contributed by atoms with Crippen LogP contribution in [-0.4, -0.2) is 28.0 Å². The number of hydrogen-bond donors (Lipinski definition) is 1. The zero-order valence-corrected chi connectivity index (χ0v) is 10.3. The number of H-pyrrole nitrogens is 1. The Hall–Kier alpha value is -0.680. The molecule has 1 N–H and O–H groups in total. The second-order valence-electron chi connectivity index (χ2n) is 5.11. The molecule has 0 amide bonds. The van der Waals surface area contributed by atoms with Gasteiger partial charge in [-0.2, -0.15) is 5.10 Å². The van der Waals surface area contributed by atoms with Gasteiger partial charge in [-0.15, -0.1) is 0 Å². The van der Waals surface area contributed by atoms with Crippen LogP contribution in [-0.2, 0) is 10.3 Å². The van der Waals surface area contributed by atoms with E-state index in [-0.39, 0.29) is 5.54 Å². The standard InChI is InChI=1S/C11H17N3OS/c1-11(4-6-15-7-5-11)14-9(8-2-3-8)12-13-10(14)16/h8H,2-7H2,1H3,(H,13,16). The number of rotatable bonds is 2. The average molecular weight is 239 g/mol. The molecule has 88 valence electrons. The summed E-state index contributed by atoms with van der Waals surface area (Å²) in [4.78, 5) is 0. The van der Waals surface area contributed by atoms with Crippen molar-refractivity contribution in [2.24, 2.45) is 0 Å². The maximum Gasteiger partial charge on any atom is 0.195 e. The summed E-state index contributed by atoms with van der Waals surface area (Å²) in [5, 5.41) is 7.36. The highest BCUT2D eigenvalue weighted by atomic mass is 32.1. The third kappa shape index (κ3) is 1.62. The molecule has 2 heterocycles. The minimum Gasteiger partial charge on any atom is -0.381 e. The molecule has 16 heavy (non-hydrogen) atoms.